The number of hydrogen-bond acceptors (Lipinski definition) is 15. The SMILES string of the molecule is C=CCOC[C@H]1O[C@@](OC[C@H]2O[C@H](OC)[C@H](OC(C)=O)[C@@H](OC(C)=O)[C@@H]2OC(C)=O)(c2ccco2)[C@@H](OCC=C)[C@@H](OCC=C)[C@@H]1OCC=C. The number of carbonyl (C=O) groups excluding carboxylic acids is 3. The molecule has 15 heteroatoms. The minimum absolute atomic E-state index is 0.00210. The van der Waals surface area contributed by atoms with Crippen molar-refractivity contribution >= 4 is 17.9 Å². The molecule has 278 valence electrons. The van der Waals surface area contributed by atoms with E-state index in [0.717, 1.165) is 13.8 Å². The molecule has 15 nitrogen and oxygen atoms in total. The Labute approximate surface area is 292 Å². The molecular weight excluding hydrogens is 660 g/mol. The van der Waals surface area contributed by atoms with E-state index in [2.05, 4.69) is 26.3 Å². The van der Waals surface area contributed by atoms with Crippen molar-refractivity contribution in [2.75, 3.05) is 46.8 Å². The van der Waals surface area contributed by atoms with Crippen molar-refractivity contribution in [3.8, 4) is 0 Å². The van der Waals surface area contributed by atoms with Gasteiger partial charge >= 0.3 is 17.9 Å². The molecule has 0 N–H and O–H groups in total. The molecule has 10 atom stereocenters. The van der Waals surface area contributed by atoms with Crippen LogP contribution in [0.5, 0.6) is 0 Å². The molecule has 0 saturated carbocycles. The van der Waals surface area contributed by atoms with E-state index in [9.17, 15) is 14.4 Å². The van der Waals surface area contributed by atoms with Crippen LogP contribution in [0, 0.1) is 0 Å². The van der Waals surface area contributed by atoms with Gasteiger partial charge in [-0.05, 0) is 12.1 Å². The molecule has 0 radical (unpaired) electrons. The van der Waals surface area contributed by atoms with Crippen LogP contribution in [0.25, 0.3) is 0 Å². The average molecular weight is 709 g/mol. The highest BCUT2D eigenvalue weighted by Crippen LogP contribution is 2.44. The molecule has 0 spiro atoms. The van der Waals surface area contributed by atoms with Crippen LogP contribution < -0.4 is 0 Å². The monoisotopic (exact) mass is 708 g/mol. The number of carbonyl (C=O) groups is 3. The van der Waals surface area contributed by atoms with Crippen molar-refractivity contribution in [2.24, 2.45) is 0 Å². The van der Waals surface area contributed by atoms with Gasteiger partial charge < -0.3 is 56.5 Å². The van der Waals surface area contributed by atoms with Gasteiger partial charge in [0.15, 0.2) is 30.4 Å². The first-order valence-corrected chi connectivity index (χ1v) is 16.0. The van der Waals surface area contributed by atoms with Gasteiger partial charge in [-0.3, -0.25) is 14.4 Å². The van der Waals surface area contributed by atoms with Gasteiger partial charge in [-0.2, -0.15) is 0 Å². The fourth-order valence-electron chi connectivity index (χ4n) is 5.72. The number of methoxy groups -OCH3 is 1. The lowest BCUT2D eigenvalue weighted by Crippen LogP contribution is -2.68. The first-order valence-electron chi connectivity index (χ1n) is 16.0. The third-order valence-electron chi connectivity index (χ3n) is 7.47. The number of hydrogen-bond donors (Lipinski definition) is 0. The molecule has 3 heterocycles. The van der Waals surface area contributed by atoms with Crippen LogP contribution in [0.4, 0.5) is 0 Å². The smallest absolute Gasteiger partial charge is 0.303 e. The molecule has 0 amide bonds. The van der Waals surface area contributed by atoms with E-state index in [0.29, 0.717) is 0 Å². The van der Waals surface area contributed by atoms with Gasteiger partial charge in [0, 0.05) is 27.9 Å². The van der Waals surface area contributed by atoms with E-state index < -0.39 is 85.4 Å². The summed E-state index contributed by atoms with van der Waals surface area (Å²) in [4.78, 5) is 36.7. The molecule has 2 aliphatic rings. The Bertz CT molecular complexity index is 1260. The topological polar surface area (TPSA) is 166 Å². The molecule has 0 aromatic carbocycles. The van der Waals surface area contributed by atoms with Crippen molar-refractivity contribution < 1.29 is 70.9 Å². The highest BCUT2D eigenvalue weighted by Gasteiger charge is 2.61. The van der Waals surface area contributed by atoms with Gasteiger partial charge in [-0.1, -0.05) is 24.3 Å². The summed E-state index contributed by atoms with van der Waals surface area (Å²) in [5.41, 5.74) is 0. The van der Waals surface area contributed by atoms with Gasteiger partial charge in [0.2, 0.25) is 0 Å². The second-order valence-corrected chi connectivity index (χ2v) is 11.2. The molecule has 2 saturated heterocycles. The van der Waals surface area contributed by atoms with Crippen LogP contribution in [-0.2, 0) is 72.3 Å². The maximum absolute atomic E-state index is 12.4. The van der Waals surface area contributed by atoms with Gasteiger partial charge in [0.25, 0.3) is 5.79 Å². The predicted octanol–water partition coefficient (Wildman–Crippen LogP) is 2.93. The van der Waals surface area contributed by atoms with Crippen LogP contribution >= 0.6 is 0 Å². The Morgan fingerprint density at radius 2 is 1.32 bits per heavy atom. The van der Waals surface area contributed by atoms with Crippen molar-refractivity contribution in [1.29, 1.82) is 0 Å². The van der Waals surface area contributed by atoms with E-state index in [4.69, 9.17) is 56.5 Å². The molecule has 1 aromatic heterocycles. The molecule has 2 fully saturated rings. The van der Waals surface area contributed by atoms with Gasteiger partial charge in [-0.15, -0.1) is 26.3 Å². The van der Waals surface area contributed by atoms with E-state index in [1.807, 2.05) is 0 Å². The van der Waals surface area contributed by atoms with Crippen LogP contribution in [0.2, 0.25) is 0 Å². The fourth-order valence-corrected chi connectivity index (χ4v) is 5.72. The Hall–Kier alpha value is -3.67. The van der Waals surface area contributed by atoms with Crippen molar-refractivity contribution in [2.45, 2.75) is 81.7 Å². The minimum Gasteiger partial charge on any atom is -0.463 e. The minimum atomic E-state index is -1.90. The molecule has 50 heavy (non-hydrogen) atoms. The third-order valence-corrected chi connectivity index (χ3v) is 7.47. The summed E-state index contributed by atoms with van der Waals surface area (Å²) in [7, 11) is 1.31. The predicted molar refractivity (Wildman–Crippen MR) is 174 cm³/mol. The summed E-state index contributed by atoms with van der Waals surface area (Å²) in [5.74, 6) is -3.92. The number of ether oxygens (including phenoxy) is 11. The van der Waals surface area contributed by atoms with Crippen LogP contribution in [0.1, 0.15) is 26.5 Å². The first-order chi connectivity index (χ1) is 24.1. The van der Waals surface area contributed by atoms with Crippen LogP contribution in [0.15, 0.2) is 73.4 Å². The quantitative estimate of drug-likeness (QED) is 0.0791. The molecule has 0 bridgehead atoms. The summed E-state index contributed by atoms with van der Waals surface area (Å²) >= 11 is 0. The molecule has 0 aliphatic carbocycles. The standard InChI is InChI=1S/C35H48O15/c1-9-15-40-20-26-28(42-16-10-2)31(43-17-11-3)33(44-18-12-4)35(50-26,27-14-13-19-41-27)45-21-25-29(46-22(5)36)30(47-23(6)37)32(48-24(7)38)34(39-8)49-25/h9-14,19,25-26,28-34H,1-4,15-18,20-21H2,5-8H3/t25-,26-,28-,29-,30+,31+,32-,33+,34+,35+/m1/s1. The Kier molecular flexibility index (Phi) is 16.5. The number of rotatable bonds is 21. The molecule has 2 aliphatic heterocycles. The van der Waals surface area contributed by atoms with E-state index in [-0.39, 0.29) is 38.8 Å². The fraction of sp³-hybridized carbons (Fsp3) is 0.571. The molecule has 1 aromatic rings. The summed E-state index contributed by atoms with van der Waals surface area (Å²) in [5, 5.41) is 0. The second-order valence-electron chi connectivity index (χ2n) is 11.2. The van der Waals surface area contributed by atoms with Gasteiger partial charge in [0.05, 0.1) is 45.9 Å². The first kappa shape index (κ1) is 40.8. The van der Waals surface area contributed by atoms with E-state index in [1.165, 1.54) is 20.3 Å². The van der Waals surface area contributed by atoms with Gasteiger partial charge in [-0.25, -0.2) is 0 Å². The van der Waals surface area contributed by atoms with Gasteiger partial charge in [0.1, 0.15) is 30.5 Å². The Balaban J connectivity index is 2.16. The zero-order chi connectivity index (χ0) is 36.7. The highest BCUT2D eigenvalue weighted by molar-refractivity contribution is 5.68. The highest BCUT2D eigenvalue weighted by atomic mass is 16.8. The normalized spacial score (nSPS) is 30.8. The van der Waals surface area contributed by atoms with E-state index in [1.54, 1.807) is 36.4 Å². The number of esters is 3. The number of furan rings is 1. The van der Waals surface area contributed by atoms with Crippen molar-refractivity contribution in [3.05, 3.63) is 74.8 Å². The lowest BCUT2D eigenvalue weighted by molar-refractivity contribution is -0.399. The average Bonchev–Trinajstić information content (AvgIpc) is 3.62. The molecular formula is C35H48O15. The summed E-state index contributed by atoms with van der Waals surface area (Å²) in [6.07, 6.45) is -2.41. The second kappa shape index (κ2) is 20.2. The Morgan fingerprint density at radius 3 is 1.88 bits per heavy atom. The van der Waals surface area contributed by atoms with Crippen molar-refractivity contribution in [3.63, 3.8) is 0 Å². The van der Waals surface area contributed by atoms with Crippen LogP contribution in [-0.4, -0.2) is 120 Å². The Morgan fingerprint density at radius 1 is 0.740 bits per heavy atom. The van der Waals surface area contributed by atoms with Crippen molar-refractivity contribution in [1.82, 2.24) is 0 Å². The summed E-state index contributed by atoms with van der Waals surface area (Å²) < 4.78 is 72.3. The largest absolute Gasteiger partial charge is 0.463 e. The lowest BCUT2D eigenvalue weighted by Gasteiger charge is -2.51. The van der Waals surface area contributed by atoms with Crippen LogP contribution in [0.3, 0.4) is 0 Å². The molecule has 3 rings (SSSR count). The zero-order valence-electron chi connectivity index (χ0n) is 28.9. The van der Waals surface area contributed by atoms with E-state index >= 15 is 0 Å². The maximum Gasteiger partial charge on any atom is 0.303 e. The summed E-state index contributed by atoms with van der Waals surface area (Å²) in [6, 6.07) is 3.26. The lowest BCUT2D eigenvalue weighted by atomic mass is 9.89. The summed E-state index contributed by atoms with van der Waals surface area (Å²) in [6.45, 7) is 18.6. The zero-order valence-corrected chi connectivity index (χ0v) is 28.9. The maximum atomic E-state index is 12.4. The molecule has 0 unspecified atom stereocenters. The third kappa shape index (κ3) is 10.4.